The smallest absolute Gasteiger partial charge is 0.358 e. The molecule has 1 heterocycles. The van der Waals surface area contributed by atoms with Crippen molar-refractivity contribution in [2.75, 3.05) is 7.11 Å². The Morgan fingerprint density at radius 1 is 1.00 bits per heavy atom. The van der Waals surface area contributed by atoms with Gasteiger partial charge < -0.3 is 19.7 Å². The summed E-state index contributed by atoms with van der Waals surface area (Å²) in [5.41, 5.74) is -14.8. The molecule has 0 radical (unpaired) electrons. The molecule has 3 aliphatic carbocycles. The Labute approximate surface area is 208 Å². The summed E-state index contributed by atoms with van der Waals surface area (Å²) in [6, 6.07) is 0. The molecule has 4 aliphatic rings. The van der Waals surface area contributed by atoms with Gasteiger partial charge in [-0.2, -0.15) is 0 Å². The van der Waals surface area contributed by atoms with Crippen molar-refractivity contribution in [3.05, 3.63) is 12.2 Å². The summed E-state index contributed by atoms with van der Waals surface area (Å²) in [6.45, 7) is 11.7. The maximum absolute atomic E-state index is 14.0. The van der Waals surface area contributed by atoms with Crippen molar-refractivity contribution in [2.24, 2.45) is 27.6 Å². The van der Waals surface area contributed by atoms with E-state index in [1.165, 1.54) is 34.6 Å². The molecule has 1 saturated heterocycles. The SMILES string of the molecule is C=C1C[C@]2(O)[C@@]3(C)CCC(=O)C(C)(C)[C@]3(O)C(=O)C(=O)[C@@]2(C)[C@@H]2C(=O)O[C@@](C)(C(=O)OC)C(=O)[C@@]12C. The van der Waals surface area contributed by atoms with E-state index in [0.717, 1.165) is 14.0 Å². The standard InChI is InChI=1S/C26H32O10/c1-12-11-25(33)21(4)10-9-13(27)20(2,3)26(21,34)16(29)15(28)23(25,6)14-17(30)36-24(7,19(32)35-8)18(31)22(12,14)5/h14,33-34H,1,9-11H2,2-8H3/t14-,21-,22+,23-,24-,25+,26-/m1/s1. The fourth-order valence-electron chi connectivity index (χ4n) is 7.87. The summed E-state index contributed by atoms with van der Waals surface area (Å²) >= 11 is 0. The Morgan fingerprint density at radius 3 is 2.08 bits per heavy atom. The van der Waals surface area contributed by atoms with Crippen LogP contribution in [0, 0.1) is 27.6 Å². The summed E-state index contributed by atoms with van der Waals surface area (Å²) in [4.78, 5) is 80.5. The van der Waals surface area contributed by atoms with Gasteiger partial charge in [0.05, 0.1) is 34.9 Å². The number of hydrogen-bond donors (Lipinski definition) is 2. The maximum Gasteiger partial charge on any atom is 0.358 e. The lowest BCUT2D eigenvalue weighted by molar-refractivity contribution is -0.295. The molecule has 0 aromatic heterocycles. The van der Waals surface area contributed by atoms with E-state index in [1.807, 2.05) is 0 Å². The van der Waals surface area contributed by atoms with Gasteiger partial charge in [-0.1, -0.05) is 19.1 Å². The van der Waals surface area contributed by atoms with Crippen LogP contribution in [0.25, 0.3) is 0 Å². The molecule has 10 nitrogen and oxygen atoms in total. The zero-order valence-electron chi connectivity index (χ0n) is 21.6. The van der Waals surface area contributed by atoms with Crippen LogP contribution in [-0.4, -0.2) is 69.2 Å². The van der Waals surface area contributed by atoms with Gasteiger partial charge in [0.2, 0.25) is 11.6 Å². The molecular formula is C26H32O10. The fourth-order valence-corrected chi connectivity index (χ4v) is 7.87. The van der Waals surface area contributed by atoms with E-state index in [1.54, 1.807) is 0 Å². The van der Waals surface area contributed by atoms with Crippen LogP contribution in [-0.2, 0) is 38.2 Å². The molecule has 0 aromatic carbocycles. The summed E-state index contributed by atoms with van der Waals surface area (Å²) in [5.74, 6) is -7.97. The van der Waals surface area contributed by atoms with E-state index < -0.39 is 85.9 Å². The first kappa shape index (κ1) is 26.3. The molecule has 196 valence electrons. The van der Waals surface area contributed by atoms with Gasteiger partial charge in [0.1, 0.15) is 5.78 Å². The Balaban J connectivity index is 2.04. The molecule has 0 unspecified atom stereocenters. The molecule has 10 heteroatoms. The first-order valence-electron chi connectivity index (χ1n) is 11.8. The van der Waals surface area contributed by atoms with Crippen LogP contribution in [0.5, 0.6) is 0 Å². The van der Waals surface area contributed by atoms with Crippen LogP contribution in [0.2, 0.25) is 0 Å². The van der Waals surface area contributed by atoms with Crippen molar-refractivity contribution in [3.8, 4) is 0 Å². The topological polar surface area (TPSA) is 161 Å². The Hall–Kier alpha value is -2.72. The highest BCUT2D eigenvalue weighted by Gasteiger charge is 2.87. The Morgan fingerprint density at radius 2 is 1.56 bits per heavy atom. The normalized spacial score (nSPS) is 48.0. The van der Waals surface area contributed by atoms with Crippen LogP contribution in [0.4, 0.5) is 0 Å². The number of carbonyl (C=O) groups excluding carboxylic acids is 6. The number of ketones is 4. The van der Waals surface area contributed by atoms with Gasteiger partial charge in [0, 0.05) is 11.8 Å². The van der Waals surface area contributed by atoms with Crippen molar-refractivity contribution in [1.29, 1.82) is 0 Å². The number of ether oxygens (including phenoxy) is 2. The summed E-state index contributed by atoms with van der Waals surface area (Å²) in [7, 11) is 1.02. The highest BCUT2D eigenvalue weighted by Crippen LogP contribution is 2.73. The number of fused-ring (bicyclic) bond motifs is 5. The number of aliphatic hydroxyl groups is 2. The van der Waals surface area contributed by atoms with Gasteiger partial charge in [-0.25, -0.2) is 4.79 Å². The molecule has 7 atom stereocenters. The summed E-state index contributed by atoms with van der Waals surface area (Å²) < 4.78 is 10.0. The predicted octanol–water partition coefficient (Wildman–Crippen LogP) is 0.642. The van der Waals surface area contributed by atoms with Crippen molar-refractivity contribution < 1.29 is 48.5 Å². The average molecular weight is 505 g/mol. The van der Waals surface area contributed by atoms with Gasteiger partial charge in [-0.3, -0.25) is 24.0 Å². The second kappa shape index (κ2) is 6.77. The van der Waals surface area contributed by atoms with Gasteiger partial charge >= 0.3 is 11.9 Å². The van der Waals surface area contributed by atoms with E-state index in [-0.39, 0.29) is 18.4 Å². The minimum Gasteiger partial charge on any atom is -0.466 e. The monoisotopic (exact) mass is 504 g/mol. The number of carbonyl (C=O) groups is 6. The lowest BCUT2D eigenvalue weighted by atomic mass is 9.31. The van der Waals surface area contributed by atoms with Crippen molar-refractivity contribution >= 4 is 35.1 Å². The maximum atomic E-state index is 14.0. The minimum absolute atomic E-state index is 0.0321. The summed E-state index contributed by atoms with van der Waals surface area (Å²) in [5, 5.41) is 24.4. The third-order valence-electron chi connectivity index (χ3n) is 10.4. The lowest BCUT2D eigenvalue weighted by Crippen LogP contribution is -2.86. The minimum atomic E-state index is -2.59. The molecule has 0 amide bonds. The van der Waals surface area contributed by atoms with E-state index in [2.05, 4.69) is 6.58 Å². The molecule has 1 aliphatic heterocycles. The molecule has 36 heavy (non-hydrogen) atoms. The number of rotatable bonds is 1. The van der Waals surface area contributed by atoms with Crippen LogP contribution in [0.15, 0.2) is 12.2 Å². The van der Waals surface area contributed by atoms with Crippen LogP contribution < -0.4 is 0 Å². The molecule has 0 aromatic rings. The molecule has 0 bridgehead atoms. The number of hydrogen-bond acceptors (Lipinski definition) is 10. The second-order valence-corrected chi connectivity index (χ2v) is 12.0. The van der Waals surface area contributed by atoms with E-state index in [0.29, 0.717) is 0 Å². The quantitative estimate of drug-likeness (QED) is 0.224. The van der Waals surface area contributed by atoms with Crippen LogP contribution >= 0.6 is 0 Å². The van der Waals surface area contributed by atoms with Crippen LogP contribution in [0.3, 0.4) is 0 Å². The number of esters is 2. The van der Waals surface area contributed by atoms with E-state index >= 15 is 0 Å². The molecule has 3 saturated carbocycles. The number of Topliss-reactive ketones (excluding diaryl/α,β-unsaturated/α-hetero) is 4. The molecular weight excluding hydrogens is 472 g/mol. The first-order chi connectivity index (χ1) is 16.2. The second-order valence-electron chi connectivity index (χ2n) is 12.0. The van der Waals surface area contributed by atoms with Crippen LogP contribution in [0.1, 0.15) is 60.8 Å². The zero-order valence-corrected chi connectivity index (χ0v) is 21.6. The van der Waals surface area contributed by atoms with Gasteiger partial charge in [-0.05, 0) is 47.5 Å². The molecule has 0 spiro atoms. The lowest BCUT2D eigenvalue weighted by Gasteiger charge is -2.72. The largest absolute Gasteiger partial charge is 0.466 e. The van der Waals surface area contributed by atoms with Crippen molar-refractivity contribution in [3.63, 3.8) is 0 Å². The van der Waals surface area contributed by atoms with Gasteiger partial charge in [0.15, 0.2) is 11.4 Å². The highest BCUT2D eigenvalue weighted by atomic mass is 16.6. The van der Waals surface area contributed by atoms with E-state index in [9.17, 15) is 39.0 Å². The fraction of sp³-hybridized carbons (Fsp3) is 0.692. The average Bonchev–Trinajstić information content (AvgIpc) is 2.80. The highest BCUT2D eigenvalue weighted by molar-refractivity contribution is 6.45. The van der Waals surface area contributed by atoms with Crippen molar-refractivity contribution in [1.82, 2.24) is 0 Å². The van der Waals surface area contributed by atoms with Crippen molar-refractivity contribution in [2.45, 2.75) is 77.6 Å². The first-order valence-corrected chi connectivity index (χ1v) is 11.8. The molecule has 4 rings (SSSR count). The third-order valence-corrected chi connectivity index (χ3v) is 10.4. The molecule has 4 fully saturated rings. The number of cyclic esters (lactones) is 1. The Kier molecular flexibility index (Phi) is 4.96. The predicted molar refractivity (Wildman–Crippen MR) is 121 cm³/mol. The molecule has 2 N–H and O–H groups in total. The summed E-state index contributed by atoms with van der Waals surface area (Å²) in [6.07, 6.45) is -0.699. The number of methoxy groups -OCH3 is 1. The van der Waals surface area contributed by atoms with E-state index in [4.69, 9.17) is 9.47 Å². The third kappa shape index (κ3) is 2.23. The van der Waals surface area contributed by atoms with Gasteiger partial charge in [-0.15, -0.1) is 0 Å². The Bertz CT molecular complexity index is 1200. The zero-order chi connectivity index (χ0) is 27.7. The van der Waals surface area contributed by atoms with Gasteiger partial charge in [0.25, 0.3) is 5.60 Å².